The van der Waals surface area contributed by atoms with E-state index in [1.54, 1.807) is 7.11 Å². The predicted molar refractivity (Wildman–Crippen MR) is 88.5 cm³/mol. The van der Waals surface area contributed by atoms with Crippen LogP contribution in [0.1, 0.15) is 29.7 Å². The Bertz CT molecular complexity index is 571. The third kappa shape index (κ3) is 4.06. The predicted octanol–water partition coefficient (Wildman–Crippen LogP) is 3.84. The van der Waals surface area contributed by atoms with E-state index >= 15 is 0 Å². The minimum absolute atomic E-state index is 0.0815. The van der Waals surface area contributed by atoms with E-state index in [9.17, 15) is 5.11 Å². The molecule has 21 heavy (non-hydrogen) atoms. The maximum absolute atomic E-state index is 10.5. The van der Waals surface area contributed by atoms with Crippen molar-refractivity contribution in [2.24, 2.45) is 0 Å². The highest BCUT2D eigenvalue weighted by atomic mass is 79.9. The SMILES string of the molecule is CN[C@H](C[C@@H](O)c1ccccc1Br)c1ccc(OC)cc1. The Hall–Kier alpha value is -1.36. The lowest BCUT2D eigenvalue weighted by Gasteiger charge is -2.21. The first-order chi connectivity index (χ1) is 10.2. The fraction of sp³-hybridized carbons (Fsp3) is 0.294. The van der Waals surface area contributed by atoms with E-state index < -0.39 is 6.10 Å². The van der Waals surface area contributed by atoms with Gasteiger partial charge in [-0.05, 0) is 42.8 Å². The summed E-state index contributed by atoms with van der Waals surface area (Å²) in [5, 5.41) is 13.7. The highest BCUT2D eigenvalue weighted by molar-refractivity contribution is 9.10. The Morgan fingerprint density at radius 3 is 2.38 bits per heavy atom. The molecule has 0 unspecified atom stereocenters. The van der Waals surface area contributed by atoms with Gasteiger partial charge in [0.15, 0.2) is 0 Å². The molecule has 0 saturated heterocycles. The zero-order valence-corrected chi connectivity index (χ0v) is 13.8. The molecule has 2 aromatic carbocycles. The number of halogens is 1. The summed E-state index contributed by atoms with van der Waals surface area (Å²) in [5.74, 6) is 0.833. The molecule has 0 spiro atoms. The Labute approximate surface area is 134 Å². The Balaban J connectivity index is 2.13. The molecule has 112 valence electrons. The first-order valence-corrected chi connectivity index (χ1v) is 7.68. The van der Waals surface area contributed by atoms with Crippen LogP contribution < -0.4 is 10.1 Å². The molecule has 2 N–H and O–H groups in total. The fourth-order valence-electron chi connectivity index (χ4n) is 2.35. The quantitative estimate of drug-likeness (QED) is 0.832. The highest BCUT2D eigenvalue weighted by Gasteiger charge is 2.18. The average molecular weight is 350 g/mol. The molecule has 2 rings (SSSR count). The van der Waals surface area contributed by atoms with Crippen LogP contribution in [0, 0.1) is 0 Å². The van der Waals surface area contributed by atoms with Gasteiger partial charge in [0.2, 0.25) is 0 Å². The number of aliphatic hydroxyl groups excluding tert-OH is 1. The molecule has 0 fully saturated rings. The van der Waals surface area contributed by atoms with Crippen molar-refractivity contribution in [1.29, 1.82) is 0 Å². The van der Waals surface area contributed by atoms with E-state index in [-0.39, 0.29) is 6.04 Å². The van der Waals surface area contributed by atoms with E-state index in [1.807, 2.05) is 55.6 Å². The molecule has 0 aliphatic rings. The van der Waals surface area contributed by atoms with Gasteiger partial charge >= 0.3 is 0 Å². The van der Waals surface area contributed by atoms with Crippen molar-refractivity contribution in [2.45, 2.75) is 18.6 Å². The van der Waals surface area contributed by atoms with Crippen molar-refractivity contribution in [2.75, 3.05) is 14.2 Å². The van der Waals surface area contributed by atoms with E-state index in [0.29, 0.717) is 6.42 Å². The molecule has 4 heteroatoms. The second kappa shape index (κ2) is 7.59. The average Bonchev–Trinajstić information content (AvgIpc) is 2.53. The van der Waals surface area contributed by atoms with Crippen molar-refractivity contribution in [1.82, 2.24) is 5.32 Å². The lowest BCUT2D eigenvalue weighted by molar-refractivity contribution is 0.152. The van der Waals surface area contributed by atoms with Gasteiger partial charge in [-0.3, -0.25) is 0 Å². The third-order valence-corrected chi connectivity index (χ3v) is 4.31. The zero-order chi connectivity index (χ0) is 15.2. The number of aliphatic hydroxyl groups is 1. The van der Waals surface area contributed by atoms with Crippen LogP contribution in [0.3, 0.4) is 0 Å². The van der Waals surface area contributed by atoms with Crippen LogP contribution in [0.2, 0.25) is 0 Å². The van der Waals surface area contributed by atoms with Gasteiger partial charge in [-0.15, -0.1) is 0 Å². The number of ether oxygens (including phenoxy) is 1. The molecule has 0 saturated carbocycles. The number of methoxy groups -OCH3 is 1. The van der Waals surface area contributed by atoms with Crippen LogP contribution >= 0.6 is 15.9 Å². The second-order valence-corrected chi connectivity index (χ2v) is 5.74. The Kier molecular flexibility index (Phi) is 5.79. The van der Waals surface area contributed by atoms with Crippen LogP contribution in [0.15, 0.2) is 53.0 Å². The van der Waals surface area contributed by atoms with Crippen LogP contribution in [0.4, 0.5) is 0 Å². The van der Waals surface area contributed by atoms with Crippen LogP contribution in [0.25, 0.3) is 0 Å². The van der Waals surface area contributed by atoms with E-state index in [1.165, 1.54) is 0 Å². The zero-order valence-electron chi connectivity index (χ0n) is 12.2. The molecule has 0 radical (unpaired) electrons. The molecular weight excluding hydrogens is 330 g/mol. The van der Waals surface area contributed by atoms with Gasteiger partial charge in [0.25, 0.3) is 0 Å². The summed E-state index contributed by atoms with van der Waals surface area (Å²) in [5.41, 5.74) is 2.04. The summed E-state index contributed by atoms with van der Waals surface area (Å²) in [6, 6.07) is 15.8. The second-order valence-electron chi connectivity index (χ2n) is 4.89. The topological polar surface area (TPSA) is 41.5 Å². The van der Waals surface area contributed by atoms with E-state index in [0.717, 1.165) is 21.3 Å². The van der Waals surface area contributed by atoms with Gasteiger partial charge in [-0.25, -0.2) is 0 Å². The normalized spacial score (nSPS) is 13.7. The van der Waals surface area contributed by atoms with Crippen molar-refractivity contribution in [3.8, 4) is 5.75 Å². The Morgan fingerprint density at radius 1 is 1.14 bits per heavy atom. The van der Waals surface area contributed by atoms with Gasteiger partial charge in [0, 0.05) is 10.5 Å². The van der Waals surface area contributed by atoms with Crippen LogP contribution in [0.5, 0.6) is 5.75 Å². The largest absolute Gasteiger partial charge is 0.497 e. The van der Waals surface area contributed by atoms with Crippen LogP contribution in [-0.2, 0) is 0 Å². The molecule has 0 aromatic heterocycles. The van der Waals surface area contributed by atoms with Gasteiger partial charge in [-0.1, -0.05) is 46.3 Å². The summed E-state index contributed by atoms with van der Waals surface area (Å²) in [6.45, 7) is 0. The molecule has 0 aliphatic heterocycles. The van der Waals surface area contributed by atoms with Crippen molar-refractivity contribution in [3.63, 3.8) is 0 Å². The van der Waals surface area contributed by atoms with Gasteiger partial charge < -0.3 is 15.2 Å². The summed E-state index contributed by atoms with van der Waals surface area (Å²) in [6.07, 6.45) is 0.0750. The highest BCUT2D eigenvalue weighted by Crippen LogP contribution is 2.31. The minimum Gasteiger partial charge on any atom is -0.497 e. The lowest BCUT2D eigenvalue weighted by atomic mass is 9.97. The summed E-state index contributed by atoms with van der Waals surface area (Å²) in [7, 11) is 3.56. The van der Waals surface area contributed by atoms with Crippen LogP contribution in [-0.4, -0.2) is 19.3 Å². The van der Waals surface area contributed by atoms with E-state index in [4.69, 9.17) is 4.74 Å². The number of benzene rings is 2. The molecule has 2 aromatic rings. The third-order valence-electron chi connectivity index (χ3n) is 3.59. The molecule has 3 nitrogen and oxygen atoms in total. The first kappa shape index (κ1) is 16.0. The van der Waals surface area contributed by atoms with Gasteiger partial charge in [0.05, 0.1) is 13.2 Å². The van der Waals surface area contributed by atoms with Crippen molar-refractivity contribution >= 4 is 15.9 Å². The minimum atomic E-state index is -0.528. The summed E-state index contributed by atoms with van der Waals surface area (Å²) < 4.78 is 6.11. The number of nitrogens with one attached hydrogen (secondary N) is 1. The maximum Gasteiger partial charge on any atom is 0.118 e. The fourth-order valence-corrected chi connectivity index (χ4v) is 2.90. The maximum atomic E-state index is 10.5. The molecule has 2 atom stereocenters. The number of hydrogen-bond acceptors (Lipinski definition) is 3. The first-order valence-electron chi connectivity index (χ1n) is 6.89. The molecule has 0 bridgehead atoms. The molecule has 0 amide bonds. The number of hydrogen-bond donors (Lipinski definition) is 2. The van der Waals surface area contributed by atoms with Gasteiger partial charge in [-0.2, -0.15) is 0 Å². The monoisotopic (exact) mass is 349 g/mol. The van der Waals surface area contributed by atoms with Gasteiger partial charge in [0.1, 0.15) is 5.75 Å². The lowest BCUT2D eigenvalue weighted by Crippen LogP contribution is -2.19. The summed E-state index contributed by atoms with van der Waals surface area (Å²) >= 11 is 3.49. The molecular formula is C17H20BrNO2. The number of rotatable bonds is 6. The summed E-state index contributed by atoms with van der Waals surface area (Å²) in [4.78, 5) is 0. The molecule has 0 heterocycles. The standard InChI is InChI=1S/C17H20BrNO2/c1-19-16(12-7-9-13(21-2)10-8-12)11-17(20)14-5-3-4-6-15(14)18/h3-10,16-17,19-20H,11H2,1-2H3/t16-,17-/m1/s1. The van der Waals surface area contributed by atoms with Crippen molar-refractivity contribution < 1.29 is 9.84 Å². The van der Waals surface area contributed by atoms with Crippen molar-refractivity contribution in [3.05, 3.63) is 64.1 Å². The Morgan fingerprint density at radius 2 is 1.81 bits per heavy atom. The van der Waals surface area contributed by atoms with E-state index in [2.05, 4.69) is 21.2 Å². The smallest absolute Gasteiger partial charge is 0.118 e. The molecule has 0 aliphatic carbocycles.